The van der Waals surface area contributed by atoms with Gasteiger partial charge in [0.05, 0.1) is 18.6 Å². The van der Waals surface area contributed by atoms with Crippen molar-refractivity contribution in [2.24, 2.45) is 5.92 Å². The van der Waals surface area contributed by atoms with Crippen LogP contribution in [0.2, 0.25) is 0 Å². The molecule has 0 heterocycles. The first kappa shape index (κ1) is 14.9. The average Bonchev–Trinajstić information content (AvgIpc) is 2.38. The number of rotatable bonds is 4. The highest BCUT2D eigenvalue weighted by Gasteiger charge is 2.35. The van der Waals surface area contributed by atoms with Crippen LogP contribution in [0.1, 0.15) is 38.2 Å². The van der Waals surface area contributed by atoms with E-state index in [1.165, 1.54) is 0 Å². The molecule has 0 aromatic heterocycles. The summed E-state index contributed by atoms with van der Waals surface area (Å²) >= 11 is 0. The van der Waals surface area contributed by atoms with Crippen molar-refractivity contribution in [2.45, 2.75) is 44.6 Å². The Balaban J connectivity index is 1.99. The zero-order chi connectivity index (χ0) is 14.6. The first-order valence-corrected chi connectivity index (χ1v) is 7.23. The molecule has 4 heteroatoms. The third-order valence-electron chi connectivity index (χ3n) is 4.07. The Labute approximate surface area is 119 Å². The van der Waals surface area contributed by atoms with Crippen LogP contribution in [0.15, 0.2) is 24.3 Å². The monoisotopic (exact) mass is 277 g/mol. The topological polar surface area (TPSA) is 69.6 Å². The standard InChI is InChI=1S/C16H23NO3/c1-12-4-3-7-16(10-12,11-18)17-15(20)9-13-5-2-6-14(19)8-13/h2,5-6,8,12,18-19H,3-4,7,9-11H2,1H3,(H,17,20). The summed E-state index contributed by atoms with van der Waals surface area (Å²) in [4.78, 5) is 12.2. The van der Waals surface area contributed by atoms with Gasteiger partial charge < -0.3 is 15.5 Å². The molecule has 0 bridgehead atoms. The van der Waals surface area contributed by atoms with Crippen molar-refractivity contribution in [2.75, 3.05) is 6.61 Å². The fourth-order valence-electron chi connectivity index (χ4n) is 3.15. The maximum atomic E-state index is 12.2. The van der Waals surface area contributed by atoms with E-state index in [0.717, 1.165) is 31.2 Å². The highest BCUT2D eigenvalue weighted by molar-refractivity contribution is 5.79. The highest BCUT2D eigenvalue weighted by Crippen LogP contribution is 2.32. The fourth-order valence-corrected chi connectivity index (χ4v) is 3.15. The molecule has 2 atom stereocenters. The Morgan fingerprint density at radius 2 is 2.30 bits per heavy atom. The van der Waals surface area contributed by atoms with Crippen LogP contribution in [0.5, 0.6) is 5.75 Å². The molecule has 2 rings (SSSR count). The van der Waals surface area contributed by atoms with Crippen molar-refractivity contribution in [3.05, 3.63) is 29.8 Å². The molecule has 110 valence electrons. The Hall–Kier alpha value is -1.55. The molecular formula is C16H23NO3. The van der Waals surface area contributed by atoms with E-state index in [0.29, 0.717) is 5.92 Å². The van der Waals surface area contributed by atoms with Crippen molar-refractivity contribution in [1.82, 2.24) is 5.32 Å². The zero-order valence-electron chi connectivity index (χ0n) is 11.9. The van der Waals surface area contributed by atoms with Crippen molar-refractivity contribution in [3.63, 3.8) is 0 Å². The maximum Gasteiger partial charge on any atom is 0.224 e. The number of amides is 1. The molecule has 20 heavy (non-hydrogen) atoms. The molecule has 1 aliphatic carbocycles. The molecule has 0 radical (unpaired) electrons. The van der Waals surface area contributed by atoms with Gasteiger partial charge in [-0.25, -0.2) is 0 Å². The van der Waals surface area contributed by atoms with Gasteiger partial charge in [-0.05, 0) is 36.5 Å². The smallest absolute Gasteiger partial charge is 0.224 e. The zero-order valence-corrected chi connectivity index (χ0v) is 11.9. The van der Waals surface area contributed by atoms with E-state index >= 15 is 0 Å². The molecule has 0 saturated heterocycles. The van der Waals surface area contributed by atoms with E-state index in [1.54, 1.807) is 18.2 Å². The van der Waals surface area contributed by atoms with Crippen LogP contribution in [0.3, 0.4) is 0 Å². The first-order chi connectivity index (χ1) is 9.53. The number of aromatic hydroxyl groups is 1. The van der Waals surface area contributed by atoms with Crippen LogP contribution in [-0.4, -0.2) is 28.3 Å². The molecule has 1 aromatic rings. The molecule has 0 spiro atoms. The second-order valence-corrected chi connectivity index (χ2v) is 6.03. The predicted molar refractivity (Wildman–Crippen MR) is 77.4 cm³/mol. The van der Waals surface area contributed by atoms with Crippen molar-refractivity contribution in [3.8, 4) is 5.75 Å². The summed E-state index contributed by atoms with van der Waals surface area (Å²) in [5.41, 5.74) is 0.311. The lowest BCUT2D eigenvalue weighted by Gasteiger charge is -2.39. The number of benzene rings is 1. The minimum Gasteiger partial charge on any atom is -0.508 e. The quantitative estimate of drug-likeness (QED) is 0.788. The van der Waals surface area contributed by atoms with E-state index < -0.39 is 5.54 Å². The van der Waals surface area contributed by atoms with Gasteiger partial charge in [-0.1, -0.05) is 31.9 Å². The summed E-state index contributed by atoms with van der Waals surface area (Å²) in [5.74, 6) is 0.592. The number of phenolic OH excluding ortho intramolecular Hbond substituents is 1. The second kappa shape index (κ2) is 6.27. The normalized spacial score (nSPS) is 26.2. The maximum absolute atomic E-state index is 12.2. The first-order valence-electron chi connectivity index (χ1n) is 7.23. The number of phenols is 1. The molecule has 3 N–H and O–H groups in total. The van der Waals surface area contributed by atoms with E-state index in [-0.39, 0.29) is 24.7 Å². The van der Waals surface area contributed by atoms with E-state index in [9.17, 15) is 15.0 Å². The number of aliphatic hydroxyl groups is 1. The number of nitrogens with one attached hydrogen (secondary N) is 1. The lowest BCUT2D eigenvalue weighted by atomic mass is 9.76. The van der Waals surface area contributed by atoms with E-state index in [2.05, 4.69) is 12.2 Å². The third-order valence-corrected chi connectivity index (χ3v) is 4.07. The van der Waals surface area contributed by atoms with E-state index in [1.807, 2.05) is 6.07 Å². The third kappa shape index (κ3) is 3.73. The lowest BCUT2D eigenvalue weighted by molar-refractivity contribution is -0.123. The Kier molecular flexibility index (Phi) is 4.65. The molecule has 4 nitrogen and oxygen atoms in total. The molecule has 1 aliphatic rings. The van der Waals surface area contributed by atoms with Crippen LogP contribution in [0.25, 0.3) is 0 Å². The summed E-state index contributed by atoms with van der Waals surface area (Å²) in [7, 11) is 0. The SMILES string of the molecule is CC1CCCC(CO)(NC(=O)Cc2cccc(O)c2)C1. The van der Waals surface area contributed by atoms with Gasteiger partial charge in [-0.2, -0.15) is 0 Å². The van der Waals surface area contributed by atoms with Gasteiger partial charge in [-0.15, -0.1) is 0 Å². The molecule has 2 unspecified atom stereocenters. The number of carbonyl (C=O) groups is 1. The van der Waals surface area contributed by atoms with E-state index in [4.69, 9.17) is 0 Å². The molecular weight excluding hydrogens is 254 g/mol. The van der Waals surface area contributed by atoms with Crippen molar-refractivity contribution in [1.29, 1.82) is 0 Å². The van der Waals surface area contributed by atoms with Crippen molar-refractivity contribution < 1.29 is 15.0 Å². The van der Waals surface area contributed by atoms with Gasteiger partial charge in [-0.3, -0.25) is 4.79 Å². The Bertz CT molecular complexity index is 475. The molecule has 1 aromatic carbocycles. The van der Waals surface area contributed by atoms with Crippen molar-refractivity contribution >= 4 is 5.91 Å². The van der Waals surface area contributed by atoms with Gasteiger partial charge in [0.1, 0.15) is 5.75 Å². The van der Waals surface area contributed by atoms with Crippen LogP contribution in [-0.2, 0) is 11.2 Å². The van der Waals surface area contributed by atoms with Gasteiger partial charge in [0.25, 0.3) is 0 Å². The Morgan fingerprint density at radius 1 is 1.50 bits per heavy atom. The van der Waals surface area contributed by atoms with Gasteiger partial charge in [0, 0.05) is 0 Å². The lowest BCUT2D eigenvalue weighted by Crippen LogP contribution is -2.54. The molecule has 1 saturated carbocycles. The van der Waals surface area contributed by atoms with Gasteiger partial charge in [0.15, 0.2) is 0 Å². The average molecular weight is 277 g/mol. The molecule has 0 aliphatic heterocycles. The van der Waals surface area contributed by atoms with Gasteiger partial charge in [0.2, 0.25) is 5.91 Å². The number of hydrogen-bond donors (Lipinski definition) is 3. The van der Waals surface area contributed by atoms with Gasteiger partial charge >= 0.3 is 0 Å². The summed E-state index contributed by atoms with van der Waals surface area (Å²) in [6.45, 7) is 2.15. The van der Waals surface area contributed by atoms with Crippen LogP contribution >= 0.6 is 0 Å². The number of hydrogen-bond acceptors (Lipinski definition) is 3. The minimum atomic E-state index is -0.467. The fraction of sp³-hybridized carbons (Fsp3) is 0.562. The Morgan fingerprint density at radius 3 is 2.95 bits per heavy atom. The summed E-state index contributed by atoms with van der Waals surface area (Å²) < 4.78 is 0. The summed E-state index contributed by atoms with van der Waals surface area (Å²) in [6.07, 6.45) is 4.08. The molecule has 1 fully saturated rings. The highest BCUT2D eigenvalue weighted by atomic mass is 16.3. The summed E-state index contributed by atoms with van der Waals surface area (Å²) in [5, 5.41) is 22.1. The molecule has 1 amide bonds. The van der Waals surface area contributed by atoms with Crippen LogP contribution in [0, 0.1) is 5.92 Å². The minimum absolute atomic E-state index is 0.0108. The van der Waals surface area contributed by atoms with Crippen LogP contribution < -0.4 is 5.32 Å². The largest absolute Gasteiger partial charge is 0.508 e. The van der Waals surface area contributed by atoms with Crippen LogP contribution in [0.4, 0.5) is 0 Å². The predicted octanol–water partition coefficient (Wildman–Crippen LogP) is 1.99. The number of aliphatic hydroxyl groups excluding tert-OH is 1. The summed E-state index contributed by atoms with van der Waals surface area (Å²) in [6, 6.07) is 6.71. The second-order valence-electron chi connectivity index (χ2n) is 6.03. The number of carbonyl (C=O) groups excluding carboxylic acids is 1.